The summed E-state index contributed by atoms with van der Waals surface area (Å²) in [6, 6.07) is 81.0. The number of hydrogen-bond acceptors (Lipinski definition) is 1. The van der Waals surface area contributed by atoms with E-state index in [4.69, 9.17) is 0 Å². The minimum atomic E-state index is 1.10. The SMILES string of the molecule is c1ccc(-c2ccc(N(c3ccccc3)c3ccc(-n4c5ccccc5c5ccc(-c6ccc7c(c6)c6ccccc6n7-c6ccccc6)cc54)cc3)cc2)cc1. The smallest absolute Gasteiger partial charge is 0.0547 e. The first-order chi connectivity index (χ1) is 28.3. The molecule has 0 fully saturated rings. The van der Waals surface area contributed by atoms with Crippen LogP contribution in [0.4, 0.5) is 17.1 Å². The average molecular weight is 728 g/mol. The van der Waals surface area contributed by atoms with E-state index in [9.17, 15) is 0 Å². The van der Waals surface area contributed by atoms with Gasteiger partial charge in [-0.1, -0.05) is 133 Å². The first kappa shape index (κ1) is 32.8. The van der Waals surface area contributed by atoms with Crippen LogP contribution in [-0.4, -0.2) is 9.13 Å². The Labute approximate surface area is 331 Å². The van der Waals surface area contributed by atoms with Crippen LogP contribution in [0.15, 0.2) is 224 Å². The zero-order chi connectivity index (χ0) is 37.7. The molecule has 2 heterocycles. The molecule has 11 aromatic rings. The van der Waals surface area contributed by atoms with E-state index in [0.717, 1.165) is 22.7 Å². The third-order valence-corrected chi connectivity index (χ3v) is 11.3. The Morgan fingerprint density at radius 2 is 0.667 bits per heavy atom. The molecule has 0 saturated carbocycles. The highest BCUT2D eigenvalue weighted by Gasteiger charge is 2.18. The van der Waals surface area contributed by atoms with Crippen LogP contribution in [0, 0.1) is 0 Å². The van der Waals surface area contributed by atoms with Crippen molar-refractivity contribution in [3.63, 3.8) is 0 Å². The van der Waals surface area contributed by atoms with Gasteiger partial charge in [0.2, 0.25) is 0 Å². The van der Waals surface area contributed by atoms with Crippen molar-refractivity contribution in [3.8, 4) is 33.6 Å². The molecule has 9 aromatic carbocycles. The topological polar surface area (TPSA) is 13.1 Å². The number of anilines is 3. The maximum atomic E-state index is 2.42. The third-order valence-electron chi connectivity index (χ3n) is 11.3. The van der Waals surface area contributed by atoms with E-state index in [2.05, 4.69) is 238 Å². The minimum Gasteiger partial charge on any atom is -0.311 e. The van der Waals surface area contributed by atoms with Crippen LogP contribution < -0.4 is 4.90 Å². The number of benzene rings is 9. The molecule has 0 atom stereocenters. The molecule has 11 rings (SSSR count). The second kappa shape index (κ2) is 13.6. The molecular weight excluding hydrogens is 691 g/mol. The summed E-state index contributed by atoms with van der Waals surface area (Å²) < 4.78 is 4.79. The van der Waals surface area contributed by atoms with E-state index >= 15 is 0 Å². The van der Waals surface area contributed by atoms with E-state index in [1.807, 2.05) is 0 Å². The predicted octanol–water partition coefficient (Wildman–Crippen LogP) is 14.7. The van der Waals surface area contributed by atoms with Gasteiger partial charge >= 0.3 is 0 Å². The first-order valence-corrected chi connectivity index (χ1v) is 19.5. The number of para-hydroxylation sites is 4. The molecule has 0 bridgehead atoms. The molecule has 0 N–H and O–H groups in total. The van der Waals surface area contributed by atoms with Crippen molar-refractivity contribution in [1.82, 2.24) is 9.13 Å². The molecule has 3 heteroatoms. The quantitative estimate of drug-likeness (QED) is 0.159. The van der Waals surface area contributed by atoms with Crippen molar-refractivity contribution in [1.29, 1.82) is 0 Å². The van der Waals surface area contributed by atoms with Gasteiger partial charge in [-0.15, -0.1) is 0 Å². The second-order valence-corrected chi connectivity index (χ2v) is 14.6. The van der Waals surface area contributed by atoms with Gasteiger partial charge in [0.05, 0.1) is 22.1 Å². The van der Waals surface area contributed by atoms with Crippen LogP contribution in [0.2, 0.25) is 0 Å². The van der Waals surface area contributed by atoms with E-state index in [0.29, 0.717) is 0 Å². The van der Waals surface area contributed by atoms with E-state index in [1.54, 1.807) is 0 Å². The van der Waals surface area contributed by atoms with Gasteiger partial charge in [-0.25, -0.2) is 0 Å². The Morgan fingerprint density at radius 3 is 1.35 bits per heavy atom. The fourth-order valence-electron chi connectivity index (χ4n) is 8.64. The molecule has 0 radical (unpaired) electrons. The van der Waals surface area contributed by atoms with Crippen LogP contribution in [-0.2, 0) is 0 Å². The maximum Gasteiger partial charge on any atom is 0.0547 e. The Bertz CT molecular complexity index is 3200. The van der Waals surface area contributed by atoms with E-state index < -0.39 is 0 Å². The van der Waals surface area contributed by atoms with Gasteiger partial charge in [0.25, 0.3) is 0 Å². The molecule has 2 aromatic heterocycles. The van der Waals surface area contributed by atoms with Crippen molar-refractivity contribution in [3.05, 3.63) is 224 Å². The fourth-order valence-corrected chi connectivity index (χ4v) is 8.64. The normalized spacial score (nSPS) is 11.5. The molecule has 0 unspecified atom stereocenters. The van der Waals surface area contributed by atoms with Crippen LogP contribution in [0.25, 0.3) is 77.2 Å². The molecule has 57 heavy (non-hydrogen) atoms. The summed E-state index contributed by atoms with van der Waals surface area (Å²) in [6.07, 6.45) is 0. The summed E-state index contributed by atoms with van der Waals surface area (Å²) in [6.45, 7) is 0. The second-order valence-electron chi connectivity index (χ2n) is 14.6. The maximum absolute atomic E-state index is 2.42. The Kier molecular flexibility index (Phi) is 7.82. The van der Waals surface area contributed by atoms with Crippen molar-refractivity contribution in [2.24, 2.45) is 0 Å². The summed E-state index contributed by atoms with van der Waals surface area (Å²) >= 11 is 0. The van der Waals surface area contributed by atoms with E-state index in [1.165, 1.54) is 71.6 Å². The summed E-state index contributed by atoms with van der Waals surface area (Å²) in [5, 5.41) is 4.99. The molecule has 0 amide bonds. The monoisotopic (exact) mass is 727 g/mol. The highest BCUT2D eigenvalue weighted by Crippen LogP contribution is 2.40. The molecule has 0 saturated heterocycles. The molecule has 0 aliphatic carbocycles. The number of rotatable bonds is 7. The lowest BCUT2D eigenvalue weighted by molar-refractivity contribution is 1.17. The molecule has 3 nitrogen and oxygen atoms in total. The van der Waals surface area contributed by atoms with Crippen LogP contribution in [0.5, 0.6) is 0 Å². The van der Waals surface area contributed by atoms with Gasteiger partial charge in [0.15, 0.2) is 0 Å². The van der Waals surface area contributed by atoms with Gasteiger partial charge in [0, 0.05) is 50.0 Å². The largest absolute Gasteiger partial charge is 0.311 e. The number of hydrogen-bond donors (Lipinski definition) is 0. The molecule has 0 aliphatic heterocycles. The molecule has 0 aliphatic rings. The van der Waals surface area contributed by atoms with Gasteiger partial charge in [0.1, 0.15) is 0 Å². The number of aromatic nitrogens is 2. The third kappa shape index (κ3) is 5.60. The number of fused-ring (bicyclic) bond motifs is 6. The summed E-state index contributed by atoms with van der Waals surface area (Å²) in [4.78, 5) is 2.33. The highest BCUT2D eigenvalue weighted by atomic mass is 15.1. The summed E-state index contributed by atoms with van der Waals surface area (Å²) in [5.41, 5.74) is 15.2. The van der Waals surface area contributed by atoms with Gasteiger partial charge in [-0.05, 0) is 113 Å². The average Bonchev–Trinajstić information content (AvgIpc) is 3.80. The van der Waals surface area contributed by atoms with Gasteiger partial charge < -0.3 is 14.0 Å². The van der Waals surface area contributed by atoms with E-state index in [-0.39, 0.29) is 0 Å². The lowest BCUT2D eigenvalue weighted by atomic mass is 10.0. The summed E-state index contributed by atoms with van der Waals surface area (Å²) in [7, 11) is 0. The van der Waals surface area contributed by atoms with Crippen LogP contribution in [0.3, 0.4) is 0 Å². The molecule has 268 valence electrons. The Hall–Kier alpha value is -7.62. The van der Waals surface area contributed by atoms with Crippen molar-refractivity contribution >= 4 is 60.7 Å². The lowest BCUT2D eigenvalue weighted by Crippen LogP contribution is -2.10. The van der Waals surface area contributed by atoms with Crippen molar-refractivity contribution in [2.45, 2.75) is 0 Å². The highest BCUT2D eigenvalue weighted by molar-refractivity contribution is 6.12. The molecule has 0 spiro atoms. The summed E-state index contributed by atoms with van der Waals surface area (Å²) in [5.74, 6) is 0. The minimum absolute atomic E-state index is 1.10. The van der Waals surface area contributed by atoms with Crippen molar-refractivity contribution < 1.29 is 0 Å². The van der Waals surface area contributed by atoms with Gasteiger partial charge in [-0.2, -0.15) is 0 Å². The zero-order valence-corrected chi connectivity index (χ0v) is 31.2. The zero-order valence-electron chi connectivity index (χ0n) is 31.2. The lowest BCUT2D eigenvalue weighted by Gasteiger charge is -2.26. The molecular formula is C54H37N3. The predicted molar refractivity (Wildman–Crippen MR) is 241 cm³/mol. The van der Waals surface area contributed by atoms with Crippen LogP contribution in [0.1, 0.15) is 0 Å². The Balaban J connectivity index is 1.02. The van der Waals surface area contributed by atoms with Gasteiger partial charge in [-0.3, -0.25) is 0 Å². The Morgan fingerprint density at radius 1 is 0.246 bits per heavy atom. The standard InChI is InChI=1S/C54H37N3/c1-4-14-38(15-5-1)39-24-28-44(29-25-39)55(42-16-6-2-7-17-42)45-30-32-46(33-31-45)57-51-22-12-10-20-47(51)49-34-26-41(37-54(49)57)40-27-35-53-50(36-40)48-21-11-13-23-52(48)56(53)43-18-8-3-9-19-43/h1-37H. The van der Waals surface area contributed by atoms with Crippen LogP contribution >= 0.6 is 0 Å². The fraction of sp³-hybridized carbons (Fsp3) is 0. The van der Waals surface area contributed by atoms with Crippen molar-refractivity contribution in [2.75, 3.05) is 4.90 Å². The first-order valence-electron chi connectivity index (χ1n) is 19.5. The number of nitrogens with zero attached hydrogens (tertiary/aromatic N) is 3.